The van der Waals surface area contributed by atoms with E-state index in [-0.39, 0.29) is 12.4 Å². The Morgan fingerprint density at radius 2 is 2.19 bits per heavy atom. The molecule has 4 nitrogen and oxygen atoms in total. The number of hydrogen-bond acceptors (Lipinski definition) is 4. The summed E-state index contributed by atoms with van der Waals surface area (Å²) in [6.45, 7) is 0.938. The zero-order chi connectivity index (χ0) is 12.0. The number of halogens is 1. The second kappa shape index (κ2) is 6.48. The highest BCUT2D eigenvalue weighted by molar-refractivity contribution is 6.31. The SMILES string of the molecule is NCCCN=Cc1cc(Cl)cc(CO)c1O. The maximum atomic E-state index is 9.74. The summed E-state index contributed by atoms with van der Waals surface area (Å²) in [7, 11) is 0. The van der Waals surface area contributed by atoms with Crippen LogP contribution in [0.25, 0.3) is 0 Å². The van der Waals surface area contributed by atoms with Gasteiger partial charge in [-0.2, -0.15) is 0 Å². The van der Waals surface area contributed by atoms with Gasteiger partial charge in [-0.15, -0.1) is 0 Å². The van der Waals surface area contributed by atoms with E-state index >= 15 is 0 Å². The molecular formula is C11H15ClN2O2. The van der Waals surface area contributed by atoms with Gasteiger partial charge in [0.2, 0.25) is 0 Å². The number of aliphatic hydroxyl groups excluding tert-OH is 1. The van der Waals surface area contributed by atoms with Gasteiger partial charge in [-0.1, -0.05) is 11.6 Å². The van der Waals surface area contributed by atoms with Crippen molar-refractivity contribution in [2.45, 2.75) is 13.0 Å². The molecule has 0 aliphatic carbocycles. The van der Waals surface area contributed by atoms with Gasteiger partial charge in [0.25, 0.3) is 0 Å². The van der Waals surface area contributed by atoms with Gasteiger partial charge in [-0.3, -0.25) is 4.99 Å². The number of rotatable bonds is 5. The summed E-state index contributed by atoms with van der Waals surface area (Å²) in [6.07, 6.45) is 2.33. The minimum Gasteiger partial charge on any atom is -0.507 e. The zero-order valence-corrected chi connectivity index (χ0v) is 9.61. The lowest BCUT2D eigenvalue weighted by molar-refractivity contribution is 0.275. The largest absolute Gasteiger partial charge is 0.507 e. The standard InChI is InChI=1S/C11H15ClN2O2/c12-10-4-8(6-14-3-1-2-13)11(16)9(5-10)7-15/h4-6,15-16H,1-3,7,13H2. The normalized spacial score (nSPS) is 11.2. The van der Waals surface area contributed by atoms with Crippen LogP contribution in [-0.2, 0) is 6.61 Å². The Labute approximate surface area is 99.4 Å². The van der Waals surface area contributed by atoms with E-state index in [1.54, 1.807) is 6.07 Å². The van der Waals surface area contributed by atoms with Gasteiger partial charge in [0.05, 0.1) is 6.61 Å². The van der Waals surface area contributed by atoms with E-state index < -0.39 is 0 Å². The van der Waals surface area contributed by atoms with Crippen LogP contribution < -0.4 is 5.73 Å². The van der Waals surface area contributed by atoms with E-state index in [1.165, 1.54) is 12.3 Å². The fourth-order valence-electron chi connectivity index (χ4n) is 1.24. The second-order valence-electron chi connectivity index (χ2n) is 3.34. The smallest absolute Gasteiger partial charge is 0.129 e. The molecule has 1 aromatic rings. The molecule has 0 aromatic heterocycles. The molecule has 5 heteroatoms. The molecule has 1 aromatic carbocycles. The quantitative estimate of drug-likeness (QED) is 0.538. The van der Waals surface area contributed by atoms with Crippen LogP contribution in [0.5, 0.6) is 5.75 Å². The van der Waals surface area contributed by atoms with Crippen molar-refractivity contribution in [2.75, 3.05) is 13.1 Å². The first-order valence-electron chi connectivity index (χ1n) is 5.01. The molecule has 0 aliphatic rings. The van der Waals surface area contributed by atoms with E-state index in [0.29, 0.717) is 29.2 Å². The number of phenols is 1. The molecular weight excluding hydrogens is 228 g/mol. The van der Waals surface area contributed by atoms with Gasteiger partial charge in [0, 0.05) is 28.9 Å². The first-order valence-corrected chi connectivity index (χ1v) is 5.39. The highest BCUT2D eigenvalue weighted by Crippen LogP contribution is 2.25. The number of aliphatic imine (C=N–C) groups is 1. The average molecular weight is 243 g/mol. The van der Waals surface area contributed by atoms with Crippen molar-refractivity contribution in [3.8, 4) is 5.75 Å². The maximum Gasteiger partial charge on any atom is 0.129 e. The number of nitrogens with two attached hydrogens (primary N) is 1. The molecule has 0 bridgehead atoms. The maximum absolute atomic E-state index is 9.74. The third-order valence-corrected chi connectivity index (χ3v) is 2.29. The van der Waals surface area contributed by atoms with Crippen molar-refractivity contribution in [1.29, 1.82) is 0 Å². The van der Waals surface area contributed by atoms with Crippen molar-refractivity contribution in [1.82, 2.24) is 0 Å². The Hall–Kier alpha value is -1.10. The predicted octanol–water partition coefficient (Wildman–Crippen LogP) is 1.31. The first-order chi connectivity index (χ1) is 7.69. The number of benzene rings is 1. The molecule has 0 saturated carbocycles. The minimum atomic E-state index is -0.254. The van der Waals surface area contributed by atoms with Crippen LogP contribution >= 0.6 is 11.6 Å². The van der Waals surface area contributed by atoms with Crippen LogP contribution in [0, 0.1) is 0 Å². The number of aliphatic hydroxyl groups is 1. The summed E-state index contributed by atoms with van der Waals surface area (Å²) >= 11 is 5.84. The third-order valence-electron chi connectivity index (χ3n) is 2.08. The van der Waals surface area contributed by atoms with Crippen LogP contribution in [0.1, 0.15) is 17.5 Å². The Balaban J connectivity index is 2.86. The Bertz CT molecular complexity index is 380. The molecule has 88 valence electrons. The Kier molecular flexibility index (Phi) is 5.25. The van der Waals surface area contributed by atoms with Crippen molar-refractivity contribution in [3.05, 3.63) is 28.3 Å². The second-order valence-corrected chi connectivity index (χ2v) is 3.77. The van der Waals surface area contributed by atoms with Gasteiger partial charge in [0.15, 0.2) is 0 Å². The molecule has 0 amide bonds. The zero-order valence-electron chi connectivity index (χ0n) is 8.86. The van der Waals surface area contributed by atoms with Gasteiger partial charge < -0.3 is 15.9 Å². The molecule has 4 N–H and O–H groups in total. The average Bonchev–Trinajstić information content (AvgIpc) is 2.28. The summed E-state index contributed by atoms with van der Waals surface area (Å²) in [5, 5.41) is 19.2. The molecule has 0 aliphatic heterocycles. The summed E-state index contributed by atoms with van der Waals surface area (Å²) in [5.41, 5.74) is 6.23. The van der Waals surface area contributed by atoms with Gasteiger partial charge in [0.1, 0.15) is 5.75 Å². The van der Waals surface area contributed by atoms with Crippen molar-refractivity contribution >= 4 is 17.8 Å². The molecule has 1 rings (SSSR count). The molecule has 16 heavy (non-hydrogen) atoms. The van der Waals surface area contributed by atoms with Crippen LogP contribution in [0.3, 0.4) is 0 Å². The van der Waals surface area contributed by atoms with E-state index in [2.05, 4.69) is 4.99 Å². The summed E-state index contributed by atoms with van der Waals surface area (Å²) in [6, 6.07) is 3.12. The Morgan fingerprint density at radius 1 is 1.44 bits per heavy atom. The topological polar surface area (TPSA) is 78.8 Å². The summed E-state index contributed by atoms with van der Waals surface area (Å²) in [5.74, 6) is 0.0170. The van der Waals surface area contributed by atoms with Gasteiger partial charge in [-0.25, -0.2) is 0 Å². The molecule has 0 radical (unpaired) electrons. The lowest BCUT2D eigenvalue weighted by atomic mass is 10.1. The van der Waals surface area contributed by atoms with E-state index in [0.717, 1.165) is 6.42 Å². The van der Waals surface area contributed by atoms with Crippen LogP contribution in [0.2, 0.25) is 5.02 Å². The van der Waals surface area contributed by atoms with Gasteiger partial charge >= 0.3 is 0 Å². The number of nitrogens with zero attached hydrogens (tertiary/aromatic N) is 1. The fourth-order valence-corrected chi connectivity index (χ4v) is 1.49. The molecule has 0 saturated heterocycles. The van der Waals surface area contributed by atoms with Crippen molar-refractivity contribution < 1.29 is 10.2 Å². The lowest BCUT2D eigenvalue weighted by Crippen LogP contribution is -2.00. The Morgan fingerprint density at radius 3 is 2.81 bits per heavy atom. The number of aromatic hydroxyl groups is 1. The van der Waals surface area contributed by atoms with Crippen LogP contribution in [0.4, 0.5) is 0 Å². The van der Waals surface area contributed by atoms with Crippen LogP contribution in [0.15, 0.2) is 17.1 Å². The number of hydrogen-bond donors (Lipinski definition) is 3. The fraction of sp³-hybridized carbons (Fsp3) is 0.364. The molecule has 0 atom stereocenters. The molecule has 0 spiro atoms. The van der Waals surface area contributed by atoms with Crippen molar-refractivity contribution in [3.63, 3.8) is 0 Å². The molecule has 0 fully saturated rings. The monoisotopic (exact) mass is 242 g/mol. The first kappa shape index (κ1) is 13.0. The van der Waals surface area contributed by atoms with Crippen LogP contribution in [-0.4, -0.2) is 29.5 Å². The van der Waals surface area contributed by atoms with E-state index in [9.17, 15) is 5.11 Å². The lowest BCUT2D eigenvalue weighted by Gasteiger charge is -2.05. The summed E-state index contributed by atoms with van der Waals surface area (Å²) in [4.78, 5) is 4.10. The summed E-state index contributed by atoms with van der Waals surface area (Å²) < 4.78 is 0. The van der Waals surface area contributed by atoms with Gasteiger partial charge in [-0.05, 0) is 25.1 Å². The predicted molar refractivity (Wildman–Crippen MR) is 65.2 cm³/mol. The molecule has 0 unspecified atom stereocenters. The minimum absolute atomic E-state index is 0.0170. The molecule has 0 heterocycles. The third kappa shape index (κ3) is 3.48. The van der Waals surface area contributed by atoms with Crippen molar-refractivity contribution in [2.24, 2.45) is 10.7 Å². The van der Waals surface area contributed by atoms with E-state index in [1.807, 2.05) is 0 Å². The highest BCUT2D eigenvalue weighted by atomic mass is 35.5. The highest BCUT2D eigenvalue weighted by Gasteiger charge is 2.06. The van der Waals surface area contributed by atoms with E-state index in [4.69, 9.17) is 22.4 Å².